The zero-order chi connectivity index (χ0) is 16.4. The number of benzene rings is 1. The number of carboxylic acid groups (broad SMARTS) is 1. The lowest BCUT2D eigenvalue weighted by molar-refractivity contribution is -0.142. The summed E-state index contributed by atoms with van der Waals surface area (Å²) in [5.41, 5.74) is -0.0757. The van der Waals surface area contributed by atoms with Crippen molar-refractivity contribution in [2.24, 2.45) is 23.7 Å². The van der Waals surface area contributed by atoms with Gasteiger partial charge in [-0.3, -0.25) is 9.59 Å². The third-order valence-corrected chi connectivity index (χ3v) is 4.59. The average Bonchev–Trinajstić information content (AvgIpc) is 2.93. The largest absolute Gasteiger partial charge is 0.508 e. The molecule has 6 nitrogen and oxygen atoms in total. The van der Waals surface area contributed by atoms with Gasteiger partial charge in [-0.1, -0.05) is 6.92 Å². The maximum absolute atomic E-state index is 12.7. The molecule has 1 aromatic carbocycles. The fourth-order valence-corrected chi connectivity index (χ4v) is 3.36. The molecule has 4 atom stereocenters. The molecule has 0 aromatic heterocycles. The number of carbonyl (C=O) groups is 2. The Morgan fingerprint density at radius 3 is 2.55 bits per heavy atom. The van der Waals surface area contributed by atoms with Gasteiger partial charge in [-0.15, -0.1) is 0 Å². The van der Waals surface area contributed by atoms with E-state index >= 15 is 0 Å². The van der Waals surface area contributed by atoms with E-state index < -0.39 is 23.6 Å². The van der Waals surface area contributed by atoms with E-state index in [4.69, 9.17) is 0 Å². The molecule has 0 aliphatic heterocycles. The second-order valence-electron chi connectivity index (χ2n) is 5.94. The number of Topliss-reactive ketones (excluding diaryl/α,β-unsaturated/α-hetero) is 1. The quantitative estimate of drug-likeness (QED) is 0.485. The van der Waals surface area contributed by atoms with Crippen molar-refractivity contribution in [2.75, 3.05) is 6.61 Å². The van der Waals surface area contributed by atoms with Gasteiger partial charge in [0, 0.05) is 12.5 Å². The van der Waals surface area contributed by atoms with E-state index in [2.05, 4.69) is 0 Å². The van der Waals surface area contributed by atoms with Crippen molar-refractivity contribution in [3.8, 4) is 11.5 Å². The van der Waals surface area contributed by atoms with Crippen LogP contribution in [0.1, 0.15) is 30.1 Å². The lowest BCUT2D eigenvalue weighted by Crippen LogP contribution is -2.33. The normalized spacial score (nSPS) is 25.8. The van der Waals surface area contributed by atoms with Crippen LogP contribution in [-0.4, -0.2) is 38.8 Å². The molecule has 0 bridgehead atoms. The molecule has 1 fully saturated rings. The summed E-state index contributed by atoms with van der Waals surface area (Å²) < 4.78 is 0. The Kier molecular flexibility index (Phi) is 4.71. The Hall–Kier alpha value is -2.08. The van der Waals surface area contributed by atoms with Crippen LogP contribution >= 0.6 is 0 Å². The number of aliphatic hydroxyl groups excluding tert-OH is 1. The summed E-state index contributed by atoms with van der Waals surface area (Å²) in [5.74, 6) is -4.13. The van der Waals surface area contributed by atoms with Crippen LogP contribution in [0.5, 0.6) is 11.5 Å². The van der Waals surface area contributed by atoms with Crippen molar-refractivity contribution in [1.29, 1.82) is 0 Å². The van der Waals surface area contributed by atoms with E-state index in [1.807, 2.05) is 0 Å². The molecule has 120 valence electrons. The standard InChI is InChI=1S/C16H20O6/c1-8(7-17)10-3-4-11(16(21)22)14(10)15(20)12-6-9(18)2-5-13(12)19/h2,5-6,8,10-11,14,17-19H,3-4,7H2,1H3,(H,21,22)/t8?,10-,11+,14-/m1/s1. The van der Waals surface area contributed by atoms with E-state index in [1.54, 1.807) is 6.92 Å². The number of aliphatic carboxylic acids is 1. The van der Waals surface area contributed by atoms with Gasteiger partial charge in [-0.2, -0.15) is 0 Å². The first-order valence-electron chi connectivity index (χ1n) is 7.26. The molecule has 22 heavy (non-hydrogen) atoms. The fraction of sp³-hybridized carbons (Fsp3) is 0.500. The highest BCUT2D eigenvalue weighted by Crippen LogP contribution is 2.44. The topological polar surface area (TPSA) is 115 Å². The van der Waals surface area contributed by atoms with E-state index in [0.717, 1.165) is 6.07 Å². The zero-order valence-electron chi connectivity index (χ0n) is 12.3. The monoisotopic (exact) mass is 308 g/mol. The second kappa shape index (κ2) is 6.36. The van der Waals surface area contributed by atoms with Gasteiger partial charge < -0.3 is 20.4 Å². The van der Waals surface area contributed by atoms with Crippen LogP contribution in [0.4, 0.5) is 0 Å². The van der Waals surface area contributed by atoms with Crippen LogP contribution in [0.15, 0.2) is 18.2 Å². The third kappa shape index (κ3) is 2.92. The summed E-state index contributed by atoms with van der Waals surface area (Å²) in [7, 11) is 0. The van der Waals surface area contributed by atoms with Gasteiger partial charge in [0.05, 0.1) is 11.5 Å². The Labute approximate surface area is 128 Å². The molecule has 2 rings (SSSR count). The number of aliphatic hydroxyl groups is 1. The molecular weight excluding hydrogens is 288 g/mol. The Bertz CT molecular complexity index is 582. The number of carbonyl (C=O) groups excluding carboxylic acids is 1. The van der Waals surface area contributed by atoms with Gasteiger partial charge in [0.2, 0.25) is 0 Å². The van der Waals surface area contributed by atoms with Crippen molar-refractivity contribution in [3.63, 3.8) is 0 Å². The van der Waals surface area contributed by atoms with E-state index in [9.17, 15) is 30.0 Å². The van der Waals surface area contributed by atoms with Crippen LogP contribution < -0.4 is 0 Å². The third-order valence-electron chi connectivity index (χ3n) is 4.59. The summed E-state index contributed by atoms with van der Waals surface area (Å²) >= 11 is 0. The number of ketones is 1. The molecule has 6 heteroatoms. The van der Waals surface area contributed by atoms with E-state index in [-0.39, 0.29) is 35.5 Å². The van der Waals surface area contributed by atoms with Gasteiger partial charge in [-0.25, -0.2) is 0 Å². The highest BCUT2D eigenvalue weighted by molar-refractivity contribution is 6.02. The van der Waals surface area contributed by atoms with E-state index in [1.165, 1.54) is 12.1 Å². The summed E-state index contributed by atoms with van der Waals surface area (Å²) in [6.45, 7) is 1.64. The van der Waals surface area contributed by atoms with Crippen molar-refractivity contribution in [2.45, 2.75) is 19.8 Å². The minimum absolute atomic E-state index is 0.0757. The van der Waals surface area contributed by atoms with Crippen LogP contribution in [0.25, 0.3) is 0 Å². The SMILES string of the molecule is CC(CO)[C@H]1CC[C@H](C(=O)O)[C@@H]1C(=O)c1cc(O)ccc1O. The Morgan fingerprint density at radius 2 is 1.95 bits per heavy atom. The molecule has 4 N–H and O–H groups in total. The molecule has 0 spiro atoms. The molecule has 0 saturated heterocycles. The van der Waals surface area contributed by atoms with Gasteiger partial charge >= 0.3 is 5.97 Å². The Morgan fingerprint density at radius 1 is 1.27 bits per heavy atom. The van der Waals surface area contributed by atoms with Crippen molar-refractivity contribution >= 4 is 11.8 Å². The van der Waals surface area contributed by atoms with Crippen molar-refractivity contribution < 1.29 is 30.0 Å². The van der Waals surface area contributed by atoms with Crippen molar-refractivity contribution in [1.82, 2.24) is 0 Å². The number of carboxylic acids is 1. The van der Waals surface area contributed by atoms with Gasteiger partial charge in [0.25, 0.3) is 0 Å². The van der Waals surface area contributed by atoms with Crippen LogP contribution in [-0.2, 0) is 4.79 Å². The maximum atomic E-state index is 12.7. The highest BCUT2D eigenvalue weighted by atomic mass is 16.4. The number of phenolic OH excluding ortho intramolecular Hbond substituents is 2. The number of aromatic hydroxyl groups is 2. The molecular formula is C16H20O6. The molecule has 1 aliphatic rings. The lowest BCUT2D eigenvalue weighted by atomic mass is 9.77. The molecule has 1 unspecified atom stereocenters. The molecule has 1 aromatic rings. The first kappa shape index (κ1) is 16.3. The number of hydrogen-bond acceptors (Lipinski definition) is 5. The molecule has 1 saturated carbocycles. The van der Waals surface area contributed by atoms with E-state index in [0.29, 0.717) is 12.8 Å². The van der Waals surface area contributed by atoms with Gasteiger partial charge in [-0.05, 0) is 42.9 Å². The maximum Gasteiger partial charge on any atom is 0.307 e. The molecule has 0 heterocycles. The first-order valence-corrected chi connectivity index (χ1v) is 7.26. The lowest BCUT2D eigenvalue weighted by Gasteiger charge is -2.26. The summed E-state index contributed by atoms with van der Waals surface area (Å²) in [6.07, 6.45) is 0.898. The van der Waals surface area contributed by atoms with Crippen LogP contribution in [0, 0.1) is 23.7 Å². The minimum atomic E-state index is -1.05. The summed E-state index contributed by atoms with van der Waals surface area (Å²) in [5, 5.41) is 38.0. The van der Waals surface area contributed by atoms with Crippen LogP contribution in [0.2, 0.25) is 0 Å². The first-order chi connectivity index (χ1) is 10.4. The Balaban J connectivity index is 2.41. The van der Waals surface area contributed by atoms with Crippen molar-refractivity contribution in [3.05, 3.63) is 23.8 Å². The van der Waals surface area contributed by atoms with Gasteiger partial charge in [0.15, 0.2) is 5.78 Å². The predicted molar refractivity (Wildman–Crippen MR) is 77.7 cm³/mol. The smallest absolute Gasteiger partial charge is 0.307 e. The minimum Gasteiger partial charge on any atom is -0.508 e. The number of phenols is 2. The highest BCUT2D eigenvalue weighted by Gasteiger charge is 2.46. The predicted octanol–water partition coefficient (Wildman–Crippen LogP) is 1.64. The molecule has 1 aliphatic carbocycles. The number of hydrogen-bond donors (Lipinski definition) is 4. The summed E-state index contributed by atoms with van der Waals surface area (Å²) in [6, 6.07) is 3.61. The van der Waals surface area contributed by atoms with Crippen LogP contribution in [0.3, 0.4) is 0 Å². The number of rotatable bonds is 5. The molecule has 0 radical (unpaired) electrons. The zero-order valence-corrected chi connectivity index (χ0v) is 12.3. The van der Waals surface area contributed by atoms with Gasteiger partial charge in [0.1, 0.15) is 11.5 Å². The second-order valence-corrected chi connectivity index (χ2v) is 5.94. The summed E-state index contributed by atoms with van der Waals surface area (Å²) in [4.78, 5) is 24.2. The fourth-order valence-electron chi connectivity index (χ4n) is 3.36. The average molecular weight is 308 g/mol. The molecule has 0 amide bonds.